The zero-order valence-corrected chi connectivity index (χ0v) is 14.3. The first-order chi connectivity index (χ1) is 11.7. The number of carbonyl (C=O) groups excluding carboxylic acids is 1. The van der Waals surface area contributed by atoms with Crippen LogP contribution in [0, 0.1) is 6.92 Å². The van der Waals surface area contributed by atoms with Gasteiger partial charge < -0.3 is 10.2 Å². The Balaban J connectivity index is 1.48. The van der Waals surface area contributed by atoms with Crippen LogP contribution in [0.25, 0.3) is 10.2 Å². The molecule has 5 nitrogen and oxygen atoms in total. The Morgan fingerprint density at radius 3 is 2.83 bits per heavy atom. The molecule has 0 unspecified atom stereocenters. The van der Waals surface area contributed by atoms with Crippen LogP contribution in [0.4, 0.5) is 11.5 Å². The number of thiophene rings is 1. The largest absolute Gasteiger partial charge is 0.365 e. The van der Waals surface area contributed by atoms with Crippen LogP contribution in [-0.4, -0.2) is 22.4 Å². The molecule has 1 amide bonds. The second-order valence-electron chi connectivity index (χ2n) is 5.97. The highest BCUT2D eigenvalue weighted by Gasteiger charge is 2.21. The number of fused-ring (bicyclic) bond motifs is 1. The lowest BCUT2D eigenvalue weighted by Gasteiger charge is -2.16. The summed E-state index contributed by atoms with van der Waals surface area (Å²) in [5, 5.41) is 4.46. The molecule has 0 bridgehead atoms. The normalized spacial score (nSPS) is 14.5. The van der Waals surface area contributed by atoms with E-state index in [2.05, 4.69) is 40.4 Å². The first-order valence-corrected chi connectivity index (χ1v) is 8.87. The summed E-state index contributed by atoms with van der Waals surface area (Å²) in [5.41, 5.74) is 2.14. The van der Waals surface area contributed by atoms with Crippen molar-refractivity contribution in [3.63, 3.8) is 0 Å². The van der Waals surface area contributed by atoms with Crippen molar-refractivity contribution < 1.29 is 4.79 Å². The topological polar surface area (TPSA) is 58.1 Å². The summed E-state index contributed by atoms with van der Waals surface area (Å²) in [6.07, 6.45) is 3.21. The van der Waals surface area contributed by atoms with Gasteiger partial charge in [-0.3, -0.25) is 4.79 Å². The zero-order chi connectivity index (χ0) is 16.5. The monoisotopic (exact) mass is 338 g/mol. The van der Waals surface area contributed by atoms with Gasteiger partial charge in [0.2, 0.25) is 5.91 Å². The third-order valence-corrected chi connectivity index (χ3v) is 5.19. The van der Waals surface area contributed by atoms with Gasteiger partial charge in [-0.2, -0.15) is 0 Å². The van der Waals surface area contributed by atoms with Gasteiger partial charge in [0, 0.05) is 30.1 Å². The number of rotatable bonds is 4. The molecule has 4 rings (SSSR count). The van der Waals surface area contributed by atoms with Crippen LogP contribution < -0.4 is 10.2 Å². The average molecular weight is 338 g/mol. The fraction of sp³-hybridized carbons (Fsp3) is 0.278. The van der Waals surface area contributed by atoms with E-state index in [1.54, 1.807) is 17.7 Å². The zero-order valence-electron chi connectivity index (χ0n) is 13.5. The summed E-state index contributed by atoms with van der Waals surface area (Å²) in [4.78, 5) is 24.6. The van der Waals surface area contributed by atoms with Crippen molar-refractivity contribution in [3.05, 3.63) is 47.1 Å². The molecule has 1 fully saturated rings. The smallest absolute Gasteiger partial charge is 0.227 e. The summed E-state index contributed by atoms with van der Waals surface area (Å²) in [7, 11) is 0. The van der Waals surface area contributed by atoms with Crippen molar-refractivity contribution in [2.24, 2.45) is 0 Å². The first kappa shape index (κ1) is 15.1. The Morgan fingerprint density at radius 1 is 1.25 bits per heavy atom. The van der Waals surface area contributed by atoms with E-state index in [4.69, 9.17) is 0 Å². The van der Waals surface area contributed by atoms with E-state index in [9.17, 15) is 4.79 Å². The van der Waals surface area contributed by atoms with Crippen molar-refractivity contribution in [2.45, 2.75) is 26.3 Å². The number of hydrogen-bond donors (Lipinski definition) is 1. The predicted molar refractivity (Wildman–Crippen MR) is 97.5 cm³/mol. The Bertz CT molecular complexity index is 888. The number of carbonyl (C=O) groups is 1. The molecule has 1 saturated heterocycles. The lowest BCUT2D eigenvalue weighted by Crippen LogP contribution is -2.23. The van der Waals surface area contributed by atoms with Gasteiger partial charge >= 0.3 is 0 Å². The molecular weight excluding hydrogens is 320 g/mol. The summed E-state index contributed by atoms with van der Waals surface area (Å²) >= 11 is 1.68. The second kappa shape index (κ2) is 6.20. The van der Waals surface area contributed by atoms with Crippen LogP contribution in [0.2, 0.25) is 0 Å². The number of anilines is 2. The van der Waals surface area contributed by atoms with Gasteiger partial charge in [-0.1, -0.05) is 12.1 Å². The van der Waals surface area contributed by atoms with Crippen molar-refractivity contribution in [3.8, 4) is 0 Å². The Kier molecular flexibility index (Phi) is 3.90. The summed E-state index contributed by atoms with van der Waals surface area (Å²) in [6, 6.07) is 10.3. The number of nitrogens with one attached hydrogen (secondary N) is 1. The molecule has 1 aliphatic heterocycles. The molecule has 3 aromatic rings. The Hall–Kier alpha value is -2.47. The van der Waals surface area contributed by atoms with E-state index in [1.807, 2.05) is 17.0 Å². The molecule has 122 valence electrons. The fourth-order valence-corrected chi connectivity index (χ4v) is 3.86. The van der Waals surface area contributed by atoms with Crippen LogP contribution in [0.1, 0.15) is 23.3 Å². The van der Waals surface area contributed by atoms with Crippen molar-refractivity contribution in [1.82, 2.24) is 9.97 Å². The summed E-state index contributed by atoms with van der Waals surface area (Å²) in [6.45, 7) is 3.59. The standard InChI is InChI=1S/C18H18N4OS/c1-12-9-15-17(20-11-21-18(15)24-12)19-10-13-4-6-14(7-5-13)22-8-2-3-16(22)23/h4-7,9,11H,2-3,8,10H2,1H3,(H,19,20,21). The number of nitrogens with zero attached hydrogens (tertiary/aromatic N) is 3. The molecule has 6 heteroatoms. The quantitative estimate of drug-likeness (QED) is 0.787. The van der Waals surface area contributed by atoms with Crippen LogP contribution in [0.5, 0.6) is 0 Å². The lowest BCUT2D eigenvalue weighted by molar-refractivity contribution is -0.117. The van der Waals surface area contributed by atoms with Gasteiger partial charge in [0.15, 0.2) is 0 Å². The highest BCUT2D eigenvalue weighted by molar-refractivity contribution is 7.18. The molecule has 0 saturated carbocycles. The Morgan fingerprint density at radius 2 is 2.08 bits per heavy atom. The number of benzene rings is 1. The molecule has 1 N–H and O–H groups in total. The van der Waals surface area contributed by atoms with Gasteiger partial charge in [-0.15, -0.1) is 11.3 Å². The minimum Gasteiger partial charge on any atom is -0.365 e. The maximum Gasteiger partial charge on any atom is 0.227 e. The van der Waals surface area contributed by atoms with E-state index in [0.717, 1.165) is 40.3 Å². The lowest BCUT2D eigenvalue weighted by atomic mass is 10.2. The maximum atomic E-state index is 11.8. The van der Waals surface area contributed by atoms with E-state index in [0.29, 0.717) is 13.0 Å². The molecular formula is C18H18N4OS. The molecule has 1 aliphatic rings. The second-order valence-corrected chi connectivity index (χ2v) is 7.20. The third kappa shape index (κ3) is 2.85. The van der Waals surface area contributed by atoms with Crippen molar-refractivity contribution in [1.29, 1.82) is 0 Å². The molecule has 0 spiro atoms. The van der Waals surface area contributed by atoms with Crippen LogP contribution in [0.15, 0.2) is 36.7 Å². The van der Waals surface area contributed by atoms with Crippen LogP contribution in [0.3, 0.4) is 0 Å². The number of aryl methyl sites for hydroxylation is 1. The highest BCUT2D eigenvalue weighted by atomic mass is 32.1. The average Bonchev–Trinajstić information content (AvgIpc) is 3.18. The number of aromatic nitrogens is 2. The minimum atomic E-state index is 0.220. The molecule has 0 aliphatic carbocycles. The van der Waals surface area contributed by atoms with Crippen molar-refractivity contribution in [2.75, 3.05) is 16.8 Å². The van der Waals surface area contributed by atoms with Gasteiger partial charge in [-0.05, 0) is 37.1 Å². The van der Waals surface area contributed by atoms with Gasteiger partial charge in [0.05, 0.1) is 5.39 Å². The number of hydrogen-bond acceptors (Lipinski definition) is 5. The SMILES string of the molecule is Cc1cc2c(NCc3ccc(N4CCCC4=O)cc3)ncnc2s1. The third-order valence-electron chi connectivity index (χ3n) is 4.23. The first-order valence-electron chi connectivity index (χ1n) is 8.05. The molecule has 0 atom stereocenters. The Labute approximate surface area is 144 Å². The van der Waals surface area contributed by atoms with Gasteiger partial charge in [0.25, 0.3) is 0 Å². The fourth-order valence-electron chi connectivity index (χ4n) is 3.02. The summed E-state index contributed by atoms with van der Waals surface area (Å²) in [5.74, 6) is 1.08. The van der Waals surface area contributed by atoms with Crippen LogP contribution >= 0.6 is 11.3 Å². The van der Waals surface area contributed by atoms with E-state index < -0.39 is 0 Å². The highest BCUT2D eigenvalue weighted by Crippen LogP contribution is 2.28. The predicted octanol–water partition coefficient (Wildman–Crippen LogP) is 3.74. The minimum absolute atomic E-state index is 0.220. The van der Waals surface area contributed by atoms with E-state index >= 15 is 0 Å². The van der Waals surface area contributed by atoms with E-state index in [1.165, 1.54) is 4.88 Å². The molecule has 3 heterocycles. The van der Waals surface area contributed by atoms with Gasteiger partial charge in [0.1, 0.15) is 17.0 Å². The maximum absolute atomic E-state index is 11.8. The van der Waals surface area contributed by atoms with E-state index in [-0.39, 0.29) is 5.91 Å². The molecule has 2 aromatic heterocycles. The van der Waals surface area contributed by atoms with Crippen LogP contribution in [-0.2, 0) is 11.3 Å². The molecule has 0 radical (unpaired) electrons. The molecule has 1 aromatic carbocycles. The summed E-state index contributed by atoms with van der Waals surface area (Å²) < 4.78 is 0. The van der Waals surface area contributed by atoms with Gasteiger partial charge in [-0.25, -0.2) is 9.97 Å². The van der Waals surface area contributed by atoms with Crippen molar-refractivity contribution >= 4 is 39.0 Å². The molecule has 24 heavy (non-hydrogen) atoms. The number of amides is 1.